The largest absolute Gasteiger partial charge is 0.854 e. The number of hydrogen-bond acceptors (Lipinski definition) is 4. The van der Waals surface area contributed by atoms with Gasteiger partial charge in [-0.15, -0.1) is 0 Å². The summed E-state index contributed by atoms with van der Waals surface area (Å²) in [6, 6.07) is 12.7. The number of rotatable bonds is 3. The standard InChI is InChI=1S/C18H21BN2O3/c1-17(2)18(3,4)24-19(23-17)15-10-8-14(9-11-15)16(22)20-21-12-6-5-7-13-21/h5-13H,1-4H3. The molecule has 0 amide bonds. The van der Waals surface area contributed by atoms with Gasteiger partial charge in [0, 0.05) is 12.1 Å². The van der Waals surface area contributed by atoms with Gasteiger partial charge in [-0.05, 0) is 43.8 Å². The van der Waals surface area contributed by atoms with Crippen molar-refractivity contribution in [2.24, 2.45) is 5.10 Å². The fourth-order valence-electron chi connectivity index (χ4n) is 2.38. The van der Waals surface area contributed by atoms with Gasteiger partial charge in [-0.3, -0.25) is 0 Å². The summed E-state index contributed by atoms with van der Waals surface area (Å²) >= 11 is 0. The minimum Gasteiger partial charge on any atom is -0.854 e. The van der Waals surface area contributed by atoms with Crippen molar-refractivity contribution in [3.8, 4) is 0 Å². The first-order chi connectivity index (χ1) is 11.3. The zero-order chi connectivity index (χ0) is 17.4. The van der Waals surface area contributed by atoms with Crippen molar-refractivity contribution >= 4 is 18.5 Å². The van der Waals surface area contributed by atoms with E-state index in [4.69, 9.17) is 9.31 Å². The molecule has 5 nitrogen and oxygen atoms in total. The molecule has 1 aromatic carbocycles. The van der Waals surface area contributed by atoms with Crippen molar-refractivity contribution in [1.82, 2.24) is 0 Å². The van der Waals surface area contributed by atoms with Gasteiger partial charge in [-0.2, -0.15) is 0 Å². The molecule has 1 aliphatic rings. The molecule has 1 aliphatic heterocycles. The van der Waals surface area contributed by atoms with E-state index in [0.29, 0.717) is 5.56 Å². The highest BCUT2D eigenvalue weighted by atomic mass is 16.7. The van der Waals surface area contributed by atoms with Gasteiger partial charge < -0.3 is 14.4 Å². The average Bonchev–Trinajstić information content (AvgIpc) is 2.76. The fraction of sp³-hybridized carbons (Fsp3) is 0.333. The molecule has 0 N–H and O–H groups in total. The van der Waals surface area contributed by atoms with Crippen LogP contribution in [0.4, 0.5) is 0 Å². The van der Waals surface area contributed by atoms with Gasteiger partial charge in [0.2, 0.25) is 12.4 Å². The smallest absolute Gasteiger partial charge is 0.494 e. The summed E-state index contributed by atoms with van der Waals surface area (Å²) in [6.07, 6.45) is 3.44. The van der Waals surface area contributed by atoms with E-state index in [-0.39, 0.29) is 17.1 Å². The van der Waals surface area contributed by atoms with E-state index in [1.165, 1.54) is 4.68 Å². The molecule has 6 heteroatoms. The lowest BCUT2D eigenvalue weighted by molar-refractivity contribution is -0.681. The number of nitrogens with zero attached hydrogens (tertiary/aromatic N) is 2. The highest BCUT2D eigenvalue weighted by molar-refractivity contribution is 6.62. The summed E-state index contributed by atoms with van der Waals surface area (Å²) in [4.78, 5) is 0. The lowest BCUT2D eigenvalue weighted by atomic mass is 9.79. The second kappa shape index (κ2) is 6.04. The Morgan fingerprint density at radius 3 is 2.04 bits per heavy atom. The van der Waals surface area contributed by atoms with Crippen molar-refractivity contribution in [3.05, 3.63) is 60.4 Å². The van der Waals surface area contributed by atoms with E-state index < -0.39 is 7.12 Å². The van der Waals surface area contributed by atoms with Crippen LogP contribution in [0, 0.1) is 0 Å². The molecular formula is C18H21BN2O3. The normalized spacial score (nSPS) is 19.5. The van der Waals surface area contributed by atoms with Gasteiger partial charge >= 0.3 is 7.12 Å². The van der Waals surface area contributed by atoms with E-state index in [1.54, 1.807) is 24.5 Å². The van der Waals surface area contributed by atoms with Gasteiger partial charge in [0.05, 0.1) is 17.1 Å². The van der Waals surface area contributed by atoms with E-state index in [2.05, 4.69) is 5.10 Å². The third-order valence-electron chi connectivity index (χ3n) is 4.59. The van der Waals surface area contributed by atoms with Gasteiger partial charge in [-0.25, -0.2) is 0 Å². The zero-order valence-corrected chi connectivity index (χ0v) is 14.4. The Morgan fingerprint density at radius 1 is 0.958 bits per heavy atom. The Bertz CT molecular complexity index is 727. The third-order valence-corrected chi connectivity index (χ3v) is 4.59. The topological polar surface area (TPSA) is 57.8 Å². The molecule has 2 aromatic rings. The number of pyridine rings is 1. The van der Waals surface area contributed by atoms with Gasteiger partial charge in [-0.1, -0.05) is 35.0 Å². The van der Waals surface area contributed by atoms with Crippen LogP contribution in [0.3, 0.4) is 0 Å². The molecule has 1 fully saturated rings. The average molecular weight is 324 g/mol. The van der Waals surface area contributed by atoms with Gasteiger partial charge in [0.1, 0.15) is 0 Å². The van der Waals surface area contributed by atoms with Crippen LogP contribution < -0.4 is 15.2 Å². The predicted octanol–water partition coefficient (Wildman–Crippen LogP) is 0.844. The molecule has 0 saturated carbocycles. The van der Waals surface area contributed by atoms with E-state index in [9.17, 15) is 5.11 Å². The minimum absolute atomic E-state index is 0.299. The van der Waals surface area contributed by atoms with Crippen LogP contribution in [0.25, 0.3) is 0 Å². The second-order valence-electron chi connectivity index (χ2n) is 6.87. The van der Waals surface area contributed by atoms with Crippen molar-refractivity contribution < 1.29 is 19.1 Å². The maximum atomic E-state index is 12.2. The Morgan fingerprint density at radius 2 is 1.50 bits per heavy atom. The van der Waals surface area contributed by atoms with Gasteiger partial charge in [0.25, 0.3) is 0 Å². The summed E-state index contributed by atoms with van der Waals surface area (Å²) < 4.78 is 13.5. The minimum atomic E-state index is -0.431. The molecule has 0 atom stereocenters. The first-order valence-electron chi connectivity index (χ1n) is 7.97. The summed E-state index contributed by atoms with van der Waals surface area (Å²) in [6.45, 7) is 8.06. The maximum Gasteiger partial charge on any atom is 0.494 e. The Hall–Kier alpha value is -2.18. The van der Waals surface area contributed by atoms with Crippen molar-refractivity contribution in [2.45, 2.75) is 38.9 Å². The van der Waals surface area contributed by atoms with Crippen molar-refractivity contribution in [1.29, 1.82) is 0 Å². The number of benzene rings is 1. The molecule has 3 rings (SSSR count). The van der Waals surface area contributed by atoms with Crippen molar-refractivity contribution in [3.63, 3.8) is 0 Å². The summed E-state index contributed by atoms with van der Waals surface area (Å²) in [5, 5.41) is 16.2. The van der Waals surface area contributed by atoms with Crippen LogP contribution in [0.15, 0.2) is 60.0 Å². The molecule has 2 heterocycles. The van der Waals surface area contributed by atoms with Crippen LogP contribution in [-0.4, -0.2) is 24.2 Å². The van der Waals surface area contributed by atoms with Crippen LogP contribution in [0.1, 0.15) is 33.3 Å². The maximum absolute atomic E-state index is 12.2. The monoisotopic (exact) mass is 324 g/mol. The molecule has 0 unspecified atom stereocenters. The first-order valence-corrected chi connectivity index (χ1v) is 7.97. The van der Waals surface area contributed by atoms with E-state index in [1.807, 2.05) is 58.0 Å². The van der Waals surface area contributed by atoms with Gasteiger partial charge in [0.15, 0.2) is 0 Å². The lowest BCUT2D eigenvalue weighted by Crippen LogP contribution is -2.41. The molecule has 0 spiro atoms. The number of aromatic nitrogens is 1. The molecule has 0 radical (unpaired) electrons. The Kier molecular flexibility index (Phi) is 4.19. The quantitative estimate of drug-likeness (QED) is 0.364. The SMILES string of the molecule is CC1(C)OB(c2ccc(/C([O-])=N/[n+]3ccccc3)cc2)OC1(C)C. The van der Waals surface area contributed by atoms with Crippen LogP contribution >= 0.6 is 0 Å². The summed E-state index contributed by atoms with van der Waals surface area (Å²) in [5.41, 5.74) is 0.640. The highest BCUT2D eigenvalue weighted by Crippen LogP contribution is 2.36. The third kappa shape index (κ3) is 3.20. The molecule has 1 aromatic heterocycles. The number of hydrogen-bond donors (Lipinski definition) is 0. The molecule has 1 saturated heterocycles. The zero-order valence-electron chi connectivity index (χ0n) is 14.4. The second-order valence-corrected chi connectivity index (χ2v) is 6.87. The first kappa shape index (κ1) is 16.7. The lowest BCUT2D eigenvalue weighted by Gasteiger charge is -2.32. The summed E-state index contributed by atoms with van der Waals surface area (Å²) in [5.74, 6) is -0.299. The highest BCUT2D eigenvalue weighted by Gasteiger charge is 2.51. The molecule has 0 bridgehead atoms. The predicted molar refractivity (Wildman–Crippen MR) is 90.7 cm³/mol. The van der Waals surface area contributed by atoms with E-state index in [0.717, 1.165) is 5.46 Å². The van der Waals surface area contributed by atoms with E-state index >= 15 is 0 Å². The Labute approximate surface area is 142 Å². The molecular weight excluding hydrogens is 303 g/mol. The molecule has 124 valence electrons. The van der Waals surface area contributed by atoms with Crippen LogP contribution in [0.2, 0.25) is 0 Å². The fourth-order valence-corrected chi connectivity index (χ4v) is 2.38. The van der Waals surface area contributed by atoms with Crippen molar-refractivity contribution in [2.75, 3.05) is 0 Å². The summed E-state index contributed by atoms with van der Waals surface area (Å²) in [7, 11) is -0.431. The Balaban J connectivity index is 1.78. The van der Waals surface area contributed by atoms with Crippen LogP contribution in [-0.2, 0) is 9.31 Å². The van der Waals surface area contributed by atoms with Crippen LogP contribution in [0.5, 0.6) is 0 Å². The molecule has 24 heavy (non-hydrogen) atoms. The molecule has 0 aliphatic carbocycles.